The molecular formula is C13H17N5O. The normalized spacial score (nSPS) is 18.5. The van der Waals surface area contributed by atoms with Crippen LogP contribution in [0.3, 0.4) is 0 Å². The van der Waals surface area contributed by atoms with Gasteiger partial charge < -0.3 is 10.6 Å². The Kier molecular flexibility index (Phi) is 3.62. The predicted octanol–water partition coefficient (Wildman–Crippen LogP) is 2.55. The van der Waals surface area contributed by atoms with E-state index in [0.29, 0.717) is 19.5 Å². The van der Waals surface area contributed by atoms with Gasteiger partial charge in [0.05, 0.1) is 0 Å². The number of nitrogens with two attached hydrogens (primary N) is 1. The van der Waals surface area contributed by atoms with E-state index in [0.717, 1.165) is 22.5 Å². The molecule has 1 amide bonds. The number of rotatable bonds is 3. The van der Waals surface area contributed by atoms with Gasteiger partial charge in [-0.05, 0) is 48.6 Å². The third kappa shape index (κ3) is 2.63. The van der Waals surface area contributed by atoms with Crippen LogP contribution in [0.5, 0.6) is 0 Å². The van der Waals surface area contributed by atoms with Gasteiger partial charge in [-0.15, -0.1) is 0 Å². The zero-order valence-electron chi connectivity index (χ0n) is 11.1. The van der Waals surface area contributed by atoms with E-state index in [9.17, 15) is 4.79 Å². The third-order valence-corrected chi connectivity index (χ3v) is 3.48. The lowest BCUT2D eigenvalue weighted by atomic mass is 10.1. The number of carbonyl (C=O) groups is 1. The van der Waals surface area contributed by atoms with Gasteiger partial charge in [0.25, 0.3) is 0 Å². The molecule has 1 aromatic carbocycles. The summed E-state index contributed by atoms with van der Waals surface area (Å²) in [5.74, 6) is 0.172. The van der Waals surface area contributed by atoms with Crippen LogP contribution < -0.4 is 10.6 Å². The fourth-order valence-electron chi connectivity index (χ4n) is 2.40. The van der Waals surface area contributed by atoms with Gasteiger partial charge in [0.2, 0.25) is 5.91 Å². The van der Waals surface area contributed by atoms with Crippen molar-refractivity contribution in [1.29, 1.82) is 0 Å². The molecule has 0 radical (unpaired) electrons. The highest BCUT2D eigenvalue weighted by molar-refractivity contribution is 5.96. The Balaban J connectivity index is 2.25. The Morgan fingerprint density at radius 1 is 1.47 bits per heavy atom. The van der Waals surface area contributed by atoms with Crippen molar-refractivity contribution in [3.63, 3.8) is 0 Å². The Labute approximate surface area is 111 Å². The summed E-state index contributed by atoms with van der Waals surface area (Å²) in [6, 6.07) is 3.83. The molecule has 1 atom stereocenters. The third-order valence-electron chi connectivity index (χ3n) is 3.48. The average molecular weight is 259 g/mol. The van der Waals surface area contributed by atoms with Gasteiger partial charge in [-0.25, -0.2) is 0 Å². The summed E-state index contributed by atoms with van der Waals surface area (Å²) < 4.78 is 0. The maximum absolute atomic E-state index is 12.1. The standard InChI is InChI=1S/C13H17N5O/c1-8-4-12(9(2)3-11(8)14)18-7-10(5-13(18)19)6-16-17-15/h3-4,10H,5-7,14H2,1-2H3. The summed E-state index contributed by atoms with van der Waals surface area (Å²) in [6.07, 6.45) is 0.432. The Morgan fingerprint density at radius 3 is 2.89 bits per heavy atom. The van der Waals surface area contributed by atoms with Crippen LogP contribution in [0, 0.1) is 19.8 Å². The SMILES string of the molecule is Cc1cc(N2CC(CN=[N+]=[N-])CC2=O)c(C)cc1N. The number of azide groups is 1. The number of nitrogen functional groups attached to an aromatic ring is 1. The molecule has 0 saturated carbocycles. The first-order valence-electron chi connectivity index (χ1n) is 6.21. The van der Waals surface area contributed by atoms with Gasteiger partial charge in [0, 0.05) is 35.8 Å². The first kappa shape index (κ1) is 13.2. The lowest BCUT2D eigenvalue weighted by molar-refractivity contribution is -0.117. The molecular weight excluding hydrogens is 242 g/mol. The highest BCUT2D eigenvalue weighted by Gasteiger charge is 2.30. The number of benzene rings is 1. The van der Waals surface area contributed by atoms with Crippen molar-refractivity contribution >= 4 is 17.3 Å². The topological polar surface area (TPSA) is 95.1 Å². The fourth-order valence-corrected chi connectivity index (χ4v) is 2.40. The summed E-state index contributed by atoms with van der Waals surface area (Å²) in [7, 11) is 0. The monoisotopic (exact) mass is 259 g/mol. The zero-order valence-corrected chi connectivity index (χ0v) is 11.1. The molecule has 1 saturated heterocycles. The number of anilines is 2. The summed E-state index contributed by atoms with van der Waals surface area (Å²) in [6.45, 7) is 4.84. The van der Waals surface area contributed by atoms with Gasteiger partial charge in [-0.3, -0.25) is 4.79 Å². The minimum atomic E-state index is 0.0745. The molecule has 6 nitrogen and oxygen atoms in total. The maximum atomic E-state index is 12.1. The second kappa shape index (κ2) is 5.20. The molecule has 1 heterocycles. The smallest absolute Gasteiger partial charge is 0.227 e. The Morgan fingerprint density at radius 2 is 2.21 bits per heavy atom. The number of nitrogens with zero attached hydrogens (tertiary/aromatic N) is 4. The van der Waals surface area contributed by atoms with Crippen molar-refractivity contribution in [3.8, 4) is 0 Å². The molecule has 0 aromatic heterocycles. The zero-order chi connectivity index (χ0) is 14.0. The van der Waals surface area contributed by atoms with Crippen molar-refractivity contribution in [3.05, 3.63) is 33.7 Å². The van der Waals surface area contributed by atoms with Crippen LogP contribution in [-0.2, 0) is 4.79 Å². The van der Waals surface area contributed by atoms with Crippen LogP contribution in [0.25, 0.3) is 10.4 Å². The van der Waals surface area contributed by atoms with Crippen LogP contribution in [0.1, 0.15) is 17.5 Å². The second-order valence-electron chi connectivity index (χ2n) is 4.98. The largest absolute Gasteiger partial charge is 0.399 e. The van der Waals surface area contributed by atoms with Gasteiger partial charge in [-0.1, -0.05) is 5.11 Å². The van der Waals surface area contributed by atoms with E-state index in [1.54, 1.807) is 4.90 Å². The van der Waals surface area contributed by atoms with E-state index >= 15 is 0 Å². The molecule has 1 aliphatic heterocycles. The summed E-state index contributed by atoms with van der Waals surface area (Å²) in [5, 5.41) is 3.55. The number of aryl methyl sites for hydroxylation is 2. The average Bonchev–Trinajstić information content (AvgIpc) is 2.72. The number of hydrogen-bond donors (Lipinski definition) is 1. The summed E-state index contributed by atoms with van der Waals surface area (Å²) in [5.41, 5.74) is 17.8. The van der Waals surface area contributed by atoms with Crippen molar-refractivity contribution < 1.29 is 4.79 Å². The van der Waals surface area contributed by atoms with Crippen LogP contribution in [-0.4, -0.2) is 19.0 Å². The molecule has 1 unspecified atom stereocenters. The highest BCUT2D eigenvalue weighted by atomic mass is 16.2. The van der Waals surface area contributed by atoms with E-state index in [2.05, 4.69) is 10.0 Å². The van der Waals surface area contributed by atoms with E-state index in [4.69, 9.17) is 11.3 Å². The van der Waals surface area contributed by atoms with Gasteiger partial charge in [-0.2, -0.15) is 0 Å². The first-order valence-corrected chi connectivity index (χ1v) is 6.21. The fraction of sp³-hybridized carbons (Fsp3) is 0.462. The summed E-state index contributed by atoms with van der Waals surface area (Å²) >= 11 is 0. The lowest BCUT2D eigenvalue weighted by Gasteiger charge is -2.20. The molecule has 0 spiro atoms. The van der Waals surface area contributed by atoms with Crippen LogP contribution >= 0.6 is 0 Å². The van der Waals surface area contributed by atoms with Gasteiger partial charge >= 0.3 is 0 Å². The number of hydrogen-bond acceptors (Lipinski definition) is 3. The molecule has 0 bridgehead atoms. The maximum Gasteiger partial charge on any atom is 0.227 e. The van der Waals surface area contributed by atoms with E-state index in [-0.39, 0.29) is 11.8 Å². The van der Waals surface area contributed by atoms with E-state index < -0.39 is 0 Å². The molecule has 1 aliphatic rings. The molecule has 1 aromatic rings. The molecule has 100 valence electrons. The van der Waals surface area contributed by atoms with Crippen molar-refractivity contribution in [2.45, 2.75) is 20.3 Å². The van der Waals surface area contributed by atoms with Crippen molar-refractivity contribution in [2.24, 2.45) is 11.0 Å². The minimum Gasteiger partial charge on any atom is -0.399 e. The van der Waals surface area contributed by atoms with Gasteiger partial charge in [0.15, 0.2) is 0 Å². The lowest BCUT2D eigenvalue weighted by Crippen LogP contribution is -2.25. The first-order chi connectivity index (χ1) is 9.02. The van der Waals surface area contributed by atoms with Crippen molar-refractivity contribution in [1.82, 2.24) is 0 Å². The quantitative estimate of drug-likeness (QED) is 0.391. The molecule has 0 aliphatic carbocycles. The van der Waals surface area contributed by atoms with E-state index in [1.165, 1.54) is 0 Å². The predicted molar refractivity (Wildman–Crippen MR) is 74.8 cm³/mol. The van der Waals surface area contributed by atoms with E-state index in [1.807, 2.05) is 26.0 Å². The molecule has 2 N–H and O–H groups in total. The molecule has 19 heavy (non-hydrogen) atoms. The number of amides is 1. The van der Waals surface area contributed by atoms with Crippen molar-refractivity contribution in [2.75, 3.05) is 23.7 Å². The number of carbonyl (C=O) groups excluding carboxylic acids is 1. The van der Waals surface area contributed by atoms with Crippen LogP contribution in [0.15, 0.2) is 17.2 Å². The molecule has 6 heteroatoms. The Bertz CT molecular complexity index is 562. The van der Waals surface area contributed by atoms with Crippen LogP contribution in [0.4, 0.5) is 11.4 Å². The minimum absolute atomic E-state index is 0.0745. The van der Waals surface area contributed by atoms with Gasteiger partial charge in [0.1, 0.15) is 0 Å². The Hall–Kier alpha value is -2.20. The molecule has 1 fully saturated rings. The highest BCUT2D eigenvalue weighted by Crippen LogP contribution is 2.30. The molecule has 2 rings (SSSR count). The second-order valence-corrected chi connectivity index (χ2v) is 4.98. The summed E-state index contributed by atoms with van der Waals surface area (Å²) in [4.78, 5) is 16.6. The van der Waals surface area contributed by atoms with Crippen LogP contribution in [0.2, 0.25) is 0 Å².